The maximum atomic E-state index is 11.9. The highest BCUT2D eigenvalue weighted by atomic mass is 79.9. The minimum Gasteiger partial charge on any atom is -0.504 e. The number of nitrogens with zero attached hydrogens (tertiary/aromatic N) is 1. The molecule has 2 rings (SSSR count). The quantitative estimate of drug-likeness (QED) is 0.382. The van der Waals surface area contributed by atoms with Gasteiger partial charge in [0.15, 0.2) is 17.2 Å². The molecule has 0 fully saturated rings. The van der Waals surface area contributed by atoms with Crippen molar-refractivity contribution in [2.75, 3.05) is 0 Å². The highest BCUT2D eigenvalue weighted by molar-refractivity contribution is 9.10. The van der Waals surface area contributed by atoms with Gasteiger partial charge in [0.25, 0.3) is 5.91 Å². The molecule has 0 heterocycles. The molecular weight excluding hydrogens is 352 g/mol. The second-order valence-corrected chi connectivity index (χ2v) is 5.42. The summed E-state index contributed by atoms with van der Waals surface area (Å²) in [4.78, 5) is 11.9. The molecule has 22 heavy (non-hydrogen) atoms. The molecule has 114 valence electrons. The molecule has 0 saturated carbocycles. The molecular formula is C15H13BrN2O4. The number of hydrogen-bond donors (Lipinski definition) is 4. The first-order valence-corrected chi connectivity index (χ1v) is 7.03. The minimum atomic E-state index is -0.675. The van der Waals surface area contributed by atoms with Gasteiger partial charge >= 0.3 is 0 Å². The van der Waals surface area contributed by atoms with Crippen molar-refractivity contribution in [2.24, 2.45) is 5.10 Å². The molecule has 0 radical (unpaired) electrons. The van der Waals surface area contributed by atoms with Crippen LogP contribution in [-0.4, -0.2) is 26.9 Å². The second kappa shape index (κ2) is 6.48. The van der Waals surface area contributed by atoms with Crippen LogP contribution in [0.5, 0.6) is 17.2 Å². The Hall–Kier alpha value is -2.54. The lowest BCUT2D eigenvalue weighted by Gasteiger charge is -2.06. The Kier molecular flexibility index (Phi) is 4.67. The van der Waals surface area contributed by atoms with Crippen LogP contribution in [0.1, 0.15) is 22.8 Å². The Balaban J connectivity index is 2.15. The van der Waals surface area contributed by atoms with Gasteiger partial charge in [0.2, 0.25) is 0 Å². The van der Waals surface area contributed by atoms with E-state index in [-0.39, 0.29) is 5.56 Å². The van der Waals surface area contributed by atoms with Crippen LogP contribution in [0.3, 0.4) is 0 Å². The zero-order valence-electron chi connectivity index (χ0n) is 11.5. The predicted octanol–water partition coefficient (Wildman–Crippen LogP) is 2.72. The number of carbonyl (C=O) groups is 1. The zero-order chi connectivity index (χ0) is 16.3. The number of benzene rings is 2. The van der Waals surface area contributed by atoms with Crippen LogP contribution in [0.25, 0.3) is 0 Å². The van der Waals surface area contributed by atoms with Crippen LogP contribution < -0.4 is 5.43 Å². The number of aromatic hydroxyl groups is 3. The van der Waals surface area contributed by atoms with Crippen molar-refractivity contribution in [1.82, 2.24) is 5.43 Å². The first kappa shape index (κ1) is 15.8. The van der Waals surface area contributed by atoms with Crippen LogP contribution in [-0.2, 0) is 0 Å². The zero-order valence-corrected chi connectivity index (χ0v) is 13.1. The molecule has 6 nitrogen and oxygen atoms in total. The Morgan fingerprint density at radius 3 is 2.14 bits per heavy atom. The van der Waals surface area contributed by atoms with Crippen LogP contribution >= 0.6 is 15.9 Å². The molecule has 0 atom stereocenters. The van der Waals surface area contributed by atoms with E-state index in [0.29, 0.717) is 5.71 Å². The summed E-state index contributed by atoms with van der Waals surface area (Å²) in [5.41, 5.74) is 3.72. The van der Waals surface area contributed by atoms with Gasteiger partial charge in [-0.25, -0.2) is 5.43 Å². The summed E-state index contributed by atoms with van der Waals surface area (Å²) in [7, 11) is 0. The van der Waals surface area contributed by atoms with E-state index in [1.807, 2.05) is 24.3 Å². The summed E-state index contributed by atoms with van der Waals surface area (Å²) in [5.74, 6) is -2.47. The highest BCUT2D eigenvalue weighted by Crippen LogP contribution is 2.35. The normalized spacial score (nSPS) is 11.3. The van der Waals surface area contributed by atoms with E-state index in [2.05, 4.69) is 26.5 Å². The largest absolute Gasteiger partial charge is 0.504 e. The Morgan fingerprint density at radius 1 is 1.05 bits per heavy atom. The molecule has 4 N–H and O–H groups in total. The van der Waals surface area contributed by atoms with Crippen molar-refractivity contribution in [1.29, 1.82) is 0 Å². The summed E-state index contributed by atoms with van der Waals surface area (Å²) in [5, 5.41) is 32.0. The third-order valence-electron chi connectivity index (χ3n) is 2.92. The van der Waals surface area contributed by atoms with Gasteiger partial charge < -0.3 is 15.3 Å². The predicted molar refractivity (Wildman–Crippen MR) is 85.3 cm³/mol. The first-order valence-electron chi connectivity index (χ1n) is 6.24. The number of carbonyl (C=O) groups excluding carboxylic acids is 1. The third-order valence-corrected chi connectivity index (χ3v) is 3.45. The molecule has 0 saturated heterocycles. The number of phenols is 3. The number of amides is 1. The molecule has 2 aromatic carbocycles. The van der Waals surface area contributed by atoms with Gasteiger partial charge in [-0.1, -0.05) is 28.1 Å². The average Bonchev–Trinajstić information content (AvgIpc) is 2.50. The van der Waals surface area contributed by atoms with Crippen molar-refractivity contribution in [3.05, 3.63) is 52.0 Å². The number of hydrogen-bond acceptors (Lipinski definition) is 5. The Morgan fingerprint density at radius 2 is 1.59 bits per heavy atom. The Bertz CT molecular complexity index is 719. The summed E-state index contributed by atoms with van der Waals surface area (Å²) in [6.07, 6.45) is 0. The second-order valence-electron chi connectivity index (χ2n) is 4.51. The van der Waals surface area contributed by atoms with Crippen LogP contribution in [0.2, 0.25) is 0 Å². The first-order chi connectivity index (χ1) is 10.4. The van der Waals surface area contributed by atoms with Crippen LogP contribution in [0, 0.1) is 0 Å². The molecule has 1 amide bonds. The lowest BCUT2D eigenvalue weighted by molar-refractivity contribution is 0.0954. The molecule has 0 aliphatic carbocycles. The fraction of sp³-hybridized carbons (Fsp3) is 0.0667. The summed E-state index contributed by atoms with van der Waals surface area (Å²) >= 11 is 3.33. The van der Waals surface area contributed by atoms with E-state index in [9.17, 15) is 20.1 Å². The van der Waals surface area contributed by atoms with Crippen molar-refractivity contribution in [3.63, 3.8) is 0 Å². The average molecular weight is 365 g/mol. The Labute approximate surface area is 134 Å². The standard InChI is InChI=1S/C15H13BrN2O4/c1-8(9-2-4-11(16)5-3-9)17-18-15(22)10-6-12(19)14(21)13(20)7-10/h2-7,19-21H,1H3,(H,18,22)/b17-8+. The van der Waals surface area contributed by atoms with Crippen molar-refractivity contribution >= 4 is 27.5 Å². The lowest BCUT2D eigenvalue weighted by atomic mass is 10.1. The van der Waals surface area contributed by atoms with E-state index >= 15 is 0 Å². The van der Waals surface area contributed by atoms with E-state index in [0.717, 1.165) is 22.2 Å². The molecule has 0 bridgehead atoms. The lowest BCUT2D eigenvalue weighted by Crippen LogP contribution is -2.19. The molecule has 0 aliphatic rings. The smallest absolute Gasteiger partial charge is 0.271 e. The van der Waals surface area contributed by atoms with Crippen molar-refractivity contribution < 1.29 is 20.1 Å². The summed E-state index contributed by atoms with van der Waals surface area (Å²) < 4.78 is 0.933. The molecule has 0 aromatic heterocycles. The number of halogens is 1. The maximum absolute atomic E-state index is 11.9. The fourth-order valence-electron chi connectivity index (χ4n) is 1.69. The number of rotatable bonds is 3. The van der Waals surface area contributed by atoms with E-state index in [1.165, 1.54) is 0 Å². The molecule has 0 unspecified atom stereocenters. The number of hydrazone groups is 1. The van der Waals surface area contributed by atoms with Crippen LogP contribution in [0.15, 0.2) is 46.0 Å². The third kappa shape index (κ3) is 3.56. The number of nitrogens with one attached hydrogen (secondary N) is 1. The topological polar surface area (TPSA) is 102 Å². The number of phenolic OH excluding ortho intramolecular Hbond substituents is 3. The van der Waals surface area contributed by atoms with Gasteiger partial charge in [-0.3, -0.25) is 4.79 Å². The van der Waals surface area contributed by atoms with Gasteiger partial charge in [-0.2, -0.15) is 5.10 Å². The van der Waals surface area contributed by atoms with Crippen molar-refractivity contribution in [2.45, 2.75) is 6.92 Å². The summed E-state index contributed by atoms with van der Waals surface area (Å²) in [6, 6.07) is 9.46. The van der Waals surface area contributed by atoms with Gasteiger partial charge in [0, 0.05) is 10.0 Å². The van der Waals surface area contributed by atoms with Gasteiger partial charge in [0.1, 0.15) is 0 Å². The van der Waals surface area contributed by atoms with Gasteiger partial charge in [-0.05, 0) is 36.8 Å². The van der Waals surface area contributed by atoms with E-state index < -0.39 is 23.2 Å². The highest BCUT2D eigenvalue weighted by Gasteiger charge is 2.13. The van der Waals surface area contributed by atoms with E-state index in [1.54, 1.807) is 6.92 Å². The SMILES string of the molecule is C/C(=N\NC(=O)c1cc(O)c(O)c(O)c1)c1ccc(Br)cc1. The van der Waals surface area contributed by atoms with Gasteiger partial charge in [-0.15, -0.1) is 0 Å². The monoisotopic (exact) mass is 364 g/mol. The van der Waals surface area contributed by atoms with Crippen molar-refractivity contribution in [3.8, 4) is 17.2 Å². The van der Waals surface area contributed by atoms with Crippen LogP contribution in [0.4, 0.5) is 0 Å². The maximum Gasteiger partial charge on any atom is 0.271 e. The summed E-state index contributed by atoms with van der Waals surface area (Å²) in [6.45, 7) is 1.73. The molecule has 0 aliphatic heterocycles. The fourth-order valence-corrected chi connectivity index (χ4v) is 1.95. The molecule has 2 aromatic rings. The molecule has 0 spiro atoms. The molecule has 7 heteroatoms. The van der Waals surface area contributed by atoms with Gasteiger partial charge in [0.05, 0.1) is 5.71 Å². The van der Waals surface area contributed by atoms with E-state index in [4.69, 9.17) is 0 Å². The minimum absolute atomic E-state index is 0.0276.